The summed E-state index contributed by atoms with van der Waals surface area (Å²) in [7, 11) is 1.52. The predicted molar refractivity (Wildman–Crippen MR) is 87.7 cm³/mol. The molecule has 0 fully saturated rings. The van der Waals surface area contributed by atoms with E-state index in [4.69, 9.17) is 16.3 Å². The van der Waals surface area contributed by atoms with Gasteiger partial charge in [-0.3, -0.25) is 9.78 Å². The fraction of sp³-hybridized carbons (Fsp3) is 0.118. The number of ether oxygens (including phenoxy) is 1. The number of rotatable bonds is 5. The molecular formula is C17H14ClN3O2. The molecule has 5 nitrogen and oxygen atoms in total. The van der Waals surface area contributed by atoms with E-state index in [2.05, 4.69) is 10.3 Å². The number of halogens is 1. The third kappa shape index (κ3) is 4.56. The molecule has 1 N–H and O–H groups in total. The van der Waals surface area contributed by atoms with E-state index in [1.165, 1.54) is 13.2 Å². The highest BCUT2D eigenvalue weighted by molar-refractivity contribution is 6.32. The molecule has 1 aromatic heterocycles. The van der Waals surface area contributed by atoms with Crippen LogP contribution in [-0.2, 0) is 11.3 Å². The van der Waals surface area contributed by atoms with Gasteiger partial charge in [-0.25, -0.2) is 0 Å². The first kappa shape index (κ1) is 16.5. The molecule has 0 unspecified atom stereocenters. The van der Waals surface area contributed by atoms with Crippen LogP contribution in [0.5, 0.6) is 5.75 Å². The summed E-state index contributed by atoms with van der Waals surface area (Å²) in [5, 5.41) is 12.2. The van der Waals surface area contributed by atoms with Crippen LogP contribution < -0.4 is 10.1 Å². The van der Waals surface area contributed by atoms with E-state index >= 15 is 0 Å². The largest absolute Gasteiger partial charge is 0.495 e. The Morgan fingerprint density at radius 2 is 2.26 bits per heavy atom. The van der Waals surface area contributed by atoms with Gasteiger partial charge < -0.3 is 10.1 Å². The molecule has 1 heterocycles. The minimum absolute atomic E-state index is 0.0119. The first-order chi connectivity index (χ1) is 11.1. The molecule has 0 spiro atoms. The molecule has 0 radical (unpaired) electrons. The van der Waals surface area contributed by atoms with Crippen LogP contribution >= 0.6 is 11.6 Å². The van der Waals surface area contributed by atoms with Gasteiger partial charge >= 0.3 is 0 Å². The van der Waals surface area contributed by atoms with Crippen molar-refractivity contribution >= 4 is 23.6 Å². The maximum Gasteiger partial charge on any atom is 0.262 e. The summed E-state index contributed by atoms with van der Waals surface area (Å²) in [5.41, 5.74) is 1.34. The Balaban J connectivity index is 2.10. The fourth-order valence-corrected chi connectivity index (χ4v) is 2.12. The molecule has 1 aromatic carbocycles. The number of amides is 1. The van der Waals surface area contributed by atoms with Crippen molar-refractivity contribution in [3.05, 3.63) is 64.4 Å². The molecule has 0 aliphatic heterocycles. The average Bonchev–Trinajstić information content (AvgIpc) is 2.58. The van der Waals surface area contributed by atoms with Crippen molar-refractivity contribution in [2.45, 2.75) is 6.54 Å². The lowest BCUT2D eigenvalue weighted by atomic mass is 10.1. The standard InChI is InChI=1S/C17H14ClN3O2/c1-23-16-6-5-12(9-15(16)18)8-13(10-19)17(22)21-11-14-4-2-3-7-20-14/h2-9H,11H2,1H3,(H,21,22)/b13-8+. The van der Waals surface area contributed by atoms with Crippen LogP contribution in [0, 0.1) is 11.3 Å². The van der Waals surface area contributed by atoms with Crippen molar-refractivity contribution < 1.29 is 9.53 Å². The van der Waals surface area contributed by atoms with Crippen LogP contribution in [0.1, 0.15) is 11.3 Å². The maximum absolute atomic E-state index is 12.1. The van der Waals surface area contributed by atoms with Gasteiger partial charge in [0.1, 0.15) is 17.4 Å². The van der Waals surface area contributed by atoms with Gasteiger partial charge in [0.2, 0.25) is 0 Å². The summed E-state index contributed by atoms with van der Waals surface area (Å²) < 4.78 is 5.06. The summed E-state index contributed by atoms with van der Waals surface area (Å²) in [4.78, 5) is 16.2. The summed E-state index contributed by atoms with van der Waals surface area (Å²) in [6, 6.07) is 12.3. The number of carbonyl (C=O) groups excluding carboxylic acids is 1. The lowest BCUT2D eigenvalue weighted by Crippen LogP contribution is -2.24. The summed E-state index contributed by atoms with van der Waals surface area (Å²) in [6.07, 6.45) is 3.11. The number of pyridine rings is 1. The van der Waals surface area contributed by atoms with Crippen molar-refractivity contribution in [1.29, 1.82) is 5.26 Å². The van der Waals surface area contributed by atoms with E-state index < -0.39 is 5.91 Å². The zero-order valence-electron chi connectivity index (χ0n) is 12.4. The molecule has 2 aromatic rings. The summed E-state index contributed by atoms with van der Waals surface area (Å²) in [5.74, 6) is 0.0621. The number of methoxy groups -OCH3 is 1. The number of aromatic nitrogens is 1. The normalized spacial score (nSPS) is 10.7. The molecule has 0 bridgehead atoms. The topological polar surface area (TPSA) is 75.0 Å². The molecule has 0 atom stereocenters. The minimum Gasteiger partial charge on any atom is -0.495 e. The molecule has 116 valence electrons. The van der Waals surface area contributed by atoms with Crippen molar-refractivity contribution in [2.75, 3.05) is 7.11 Å². The highest BCUT2D eigenvalue weighted by Crippen LogP contribution is 2.25. The van der Waals surface area contributed by atoms with Gasteiger partial charge in [0.25, 0.3) is 5.91 Å². The van der Waals surface area contributed by atoms with Gasteiger partial charge in [-0.15, -0.1) is 0 Å². The molecule has 0 saturated carbocycles. The smallest absolute Gasteiger partial charge is 0.262 e. The number of benzene rings is 1. The van der Waals surface area contributed by atoms with Crippen LogP contribution in [0.4, 0.5) is 0 Å². The second kappa shape index (κ2) is 7.97. The highest BCUT2D eigenvalue weighted by Gasteiger charge is 2.10. The van der Waals surface area contributed by atoms with E-state index in [1.54, 1.807) is 36.5 Å². The van der Waals surface area contributed by atoms with E-state index in [0.29, 0.717) is 22.0 Å². The average molecular weight is 328 g/mol. The number of nitriles is 1. The first-order valence-electron chi connectivity index (χ1n) is 6.77. The Hall–Kier alpha value is -2.84. The maximum atomic E-state index is 12.1. The van der Waals surface area contributed by atoms with Crippen molar-refractivity contribution in [1.82, 2.24) is 10.3 Å². The summed E-state index contributed by atoms with van der Waals surface area (Å²) >= 11 is 6.03. The zero-order valence-corrected chi connectivity index (χ0v) is 13.2. The lowest BCUT2D eigenvalue weighted by molar-refractivity contribution is -0.117. The van der Waals surface area contributed by atoms with E-state index in [9.17, 15) is 10.1 Å². The lowest BCUT2D eigenvalue weighted by Gasteiger charge is -2.05. The quantitative estimate of drug-likeness (QED) is 0.676. The van der Waals surface area contributed by atoms with Gasteiger partial charge in [-0.1, -0.05) is 23.7 Å². The predicted octanol–water partition coefficient (Wildman–Crippen LogP) is 2.97. The molecule has 0 saturated heterocycles. The van der Waals surface area contributed by atoms with E-state index in [1.807, 2.05) is 12.1 Å². The van der Waals surface area contributed by atoms with Gasteiger partial charge in [0, 0.05) is 6.20 Å². The molecule has 6 heteroatoms. The highest BCUT2D eigenvalue weighted by atomic mass is 35.5. The number of nitrogens with zero attached hydrogens (tertiary/aromatic N) is 2. The summed E-state index contributed by atoms with van der Waals surface area (Å²) in [6.45, 7) is 0.252. The molecule has 23 heavy (non-hydrogen) atoms. The van der Waals surface area contributed by atoms with Crippen LogP contribution in [0.2, 0.25) is 5.02 Å². The van der Waals surface area contributed by atoms with E-state index in [0.717, 1.165) is 0 Å². The third-order valence-electron chi connectivity index (χ3n) is 3.01. The molecular weight excluding hydrogens is 314 g/mol. The van der Waals surface area contributed by atoms with Gasteiger partial charge in [-0.05, 0) is 35.9 Å². The SMILES string of the molecule is COc1ccc(/C=C(\C#N)C(=O)NCc2ccccn2)cc1Cl. The van der Waals surface area contributed by atoms with Crippen LogP contribution in [0.3, 0.4) is 0 Å². The van der Waals surface area contributed by atoms with Crippen molar-refractivity contribution in [2.24, 2.45) is 0 Å². The number of hydrogen-bond acceptors (Lipinski definition) is 4. The minimum atomic E-state index is -0.468. The first-order valence-corrected chi connectivity index (χ1v) is 7.15. The Bertz CT molecular complexity index is 767. The second-order valence-electron chi connectivity index (χ2n) is 4.57. The van der Waals surface area contributed by atoms with Crippen LogP contribution in [-0.4, -0.2) is 18.0 Å². The van der Waals surface area contributed by atoms with E-state index in [-0.39, 0.29) is 12.1 Å². The molecule has 1 amide bonds. The van der Waals surface area contributed by atoms with Crippen molar-refractivity contribution in [3.63, 3.8) is 0 Å². The number of hydrogen-bond donors (Lipinski definition) is 1. The van der Waals surface area contributed by atoms with Gasteiger partial charge in [0.05, 0.1) is 24.4 Å². The van der Waals surface area contributed by atoms with Gasteiger partial charge in [-0.2, -0.15) is 5.26 Å². The monoisotopic (exact) mass is 327 g/mol. The van der Waals surface area contributed by atoms with Crippen LogP contribution in [0.25, 0.3) is 6.08 Å². The Kier molecular flexibility index (Phi) is 5.73. The second-order valence-corrected chi connectivity index (χ2v) is 4.97. The zero-order chi connectivity index (χ0) is 16.7. The molecule has 0 aliphatic carbocycles. The Labute approximate surface area is 139 Å². The van der Waals surface area contributed by atoms with Crippen LogP contribution in [0.15, 0.2) is 48.2 Å². The fourth-order valence-electron chi connectivity index (χ4n) is 1.86. The van der Waals surface area contributed by atoms with Crippen molar-refractivity contribution in [3.8, 4) is 11.8 Å². The number of nitrogens with one attached hydrogen (secondary N) is 1. The molecule has 0 aliphatic rings. The molecule has 2 rings (SSSR count). The number of carbonyl (C=O) groups is 1. The Morgan fingerprint density at radius 3 is 2.87 bits per heavy atom. The Morgan fingerprint density at radius 1 is 1.43 bits per heavy atom. The third-order valence-corrected chi connectivity index (χ3v) is 3.30. The van der Waals surface area contributed by atoms with Gasteiger partial charge in [0.15, 0.2) is 0 Å².